The minimum atomic E-state index is -3.75. The molecule has 0 bridgehead atoms. The zero-order chi connectivity index (χ0) is 28.0. The first-order valence-corrected chi connectivity index (χ1v) is 15.2. The Labute approximate surface area is 231 Å². The van der Waals surface area contributed by atoms with Gasteiger partial charge >= 0.3 is 16.0 Å². The molecule has 1 aliphatic heterocycles. The van der Waals surface area contributed by atoms with Crippen molar-refractivity contribution in [1.29, 1.82) is 0 Å². The van der Waals surface area contributed by atoms with Crippen molar-refractivity contribution in [2.24, 2.45) is 0 Å². The van der Waals surface area contributed by atoms with Crippen molar-refractivity contribution >= 4 is 21.7 Å². The highest BCUT2D eigenvalue weighted by Gasteiger charge is 2.51. The molecule has 3 aromatic rings. The SMILES string of the molecule is Cc1cc(S(=O)(=O)[NH+]2CC3(CCCCC3)c3cc(-c4ccc(C(C)(C)C)cc4)ccc32)ccc1OCC(=O)O. The van der Waals surface area contributed by atoms with Crippen LogP contribution >= 0.6 is 0 Å². The van der Waals surface area contributed by atoms with E-state index < -0.39 is 22.6 Å². The van der Waals surface area contributed by atoms with Crippen molar-refractivity contribution in [3.8, 4) is 16.9 Å². The molecule has 1 fully saturated rings. The Hall–Kier alpha value is -3.16. The molecule has 39 heavy (non-hydrogen) atoms. The van der Waals surface area contributed by atoms with Gasteiger partial charge in [-0.05, 0) is 77.8 Å². The fourth-order valence-corrected chi connectivity index (χ4v) is 8.01. The number of nitrogens with one attached hydrogen (secondary N) is 1. The van der Waals surface area contributed by atoms with E-state index in [4.69, 9.17) is 9.84 Å². The fraction of sp³-hybridized carbons (Fsp3) is 0.406. The van der Waals surface area contributed by atoms with Crippen LogP contribution in [0.1, 0.15) is 69.6 Å². The normalized spacial score (nSPS) is 18.6. The van der Waals surface area contributed by atoms with E-state index in [2.05, 4.69) is 57.2 Å². The Morgan fingerprint density at radius 3 is 2.23 bits per heavy atom. The molecular weight excluding hydrogens is 510 g/mol. The quantitative estimate of drug-likeness (QED) is 0.422. The van der Waals surface area contributed by atoms with Crippen molar-refractivity contribution in [3.05, 3.63) is 77.4 Å². The molecule has 5 rings (SSSR count). The molecule has 206 valence electrons. The van der Waals surface area contributed by atoms with Crippen molar-refractivity contribution in [2.75, 3.05) is 13.2 Å². The maximum Gasteiger partial charge on any atom is 0.341 e. The molecule has 3 aromatic carbocycles. The Kier molecular flexibility index (Phi) is 7.10. The smallest absolute Gasteiger partial charge is 0.341 e. The Bertz CT molecular complexity index is 1500. The molecule has 2 aliphatic rings. The van der Waals surface area contributed by atoms with Crippen molar-refractivity contribution < 1.29 is 27.4 Å². The molecule has 1 atom stereocenters. The third kappa shape index (κ3) is 5.22. The summed E-state index contributed by atoms with van der Waals surface area (Å²) in [7, 11) is -3.75. The summed E-state index contributed by atoms with van der Waals surface area (Å²) in [6.07, 6.45) is 5.38. The number of sulfonamides is 1. The van der Waals surface area contributed by atoms with Crippen LogP contribution in [0, 0.1) is 6.92 Å². The average molecular weight is 549 g/mol. The lowest BCUT2D eigenvalue weighted by molar-refractivity contribution is -0.688. The van der Waals surface area contributed by atoms with Gasteiger partial charge in [0.25, 0.3) is 0 Å². The number of hydrogen-bond acceptors (Lipinski definition) is 4. The molecule has 0 aromatic heterocycles. The van der Waals surface area contributed by atoms with Crippen LogP contribution in [0.25, 0.3) is 11.1 Å². The van der Waals surface area contributed by atoms with Gasteiger partial charge in [0.2, 0.25) is 0 Å². The number of aliphatic carboxylic acids is 1. The topological polar surface area (TPSA) is 85.1 Å². The second-order valence-corrected chi connectivity index (χ2v) is 14.1. The lowest BCUT2D eigenvalue weighted by atomic mass is 9.70. The molecular formula is C32H38NO5S+. The third-order valence-corrected chi connectivity index (χ3v) is 10.3. The van der Waals surface area contributed by atoms with E-state index in [9.17, 15) is 13.2 Å². The largest absolute Gasteiger partial charge is 0.482 e. The number of carboxylic acids is 1. The van der Waals surface area contributed by atoms with Gasteiger partial charge in [0.1, 0.15) is 17.2 Å². The molecule has 0 saturated heterocycles. The summed E-state index contributed by atoms with van der Waals surface area (Å²) < 4.78 is 33.9. The highest BCUT2D eigenvalue weighted by molar-refractivity contribution is 7.85. The minimum absolute atomic E-state index is 0.0831. The summed E-state index contributed by atoms with van der Waals surface area (Å²) in [5, 5.41) is 8.92. The van der Waals surface area contributed by atoms with E-state index >= 15 is 0 Å². The van der Waals surface area contributed by atoms with E-state index in [0.717, 1.165) is 48.1 Å². The van der Waals surface area contributed by atoms with Gasteiger partial charge in [0.05, 0.1) is 5.41 Å². The van der Waals surface area contributed by atoms with Crippen LogP contribution in [0.2, 0.25) is 0 Å². The van der Waals surface area contributed by atoms with E-state index in [1.807, 2.05) is 6.07 Å². The Morgan fingerprint density at radius 2 is 1.62 bits per heavy atom. The van der Waals surface area contributed by atoms with E-state index in [-0.39, 0.29) is 15.7 Å². The van der Waals surface area contributed by atoms with Gasteiger partial charge in [-0.3, -0.25) is 0 Å². The van der Waals surface area contributed by atoms with E-state index in [0.29, 0.717) is 22.2 Å². The number of carbonyl (C=O) groups is 1. The molecule has 0 amide bonds. The lowest BCUT2D eigenvalue weighted by Crippen LogP contribution is -3.08. The summed E-state index contributed by atoms with van der Waals surface area (Å²) >= 11 is 0. The van der Waals surface area contributed by atoms with Gasteiger partial charge in [-0.25, -0.2) is 4.79 Å². The van der Waals surface area contributed by atoms with Gasteiger partial charge in [0.15, 0.2) is 12.3 Å². The van der Waals surface area contributed by atoms with Gasteiger partial charge in [-0.15, -0.1) is 0 Å². The number of benzene rings is 3. The van der Waals surface area contributed by atoms with Crippen molar-refractivity contribution in [3.63, 3.8) is 0 Å². The summed E-state index contributed by atoms with van der Waals surface area (Å²) in [4.78, 5) is 11.1. The maximum absolute atomic E-state index is 14.1. The van der Waals surface area contributed by atoms with Crippen LogP contribution in [0.4, 0.5) is 5.69 Å². The number of hydrogen-bond donors (Lipinski definition) is 2. The monoisotopic (exact) mass is 548 g/mol. The molecule has 1 aliphatic carbocycles. The van der Waals surface area contributed by atoms with Gasteiger partial charge < -0.3 is 9.84 Å². The molecule has 6 nitrogen and oxygen atoms in total. The Morgan fingerprint density at radius 1 is 0.949 bits per heavy atom. The standard InChI is InChI=1S/C32H37NO5S/c1-22-18-26(13-15-29(22)38-20-30(34)35)39(36,37)33-21-32(16-6-5-7-17-32)27-19-24(10-14-28(27)33)23-8-11-25(12-9-23)31(2,3)4/h8-15,18-19H,5-7,16-17,20-21H2,1-4H3,(H,34,35)/p+1. The Balaban J connectivity index is 1.53. The first-order valence-electron chi connectivity index (χ1n) is 13.7. The number of quaternary nitrogens is 1. The number of ether oxygens (including phenoxy) is 1. The van der Waals surface area contributed by atoms with Crippen molar-refractivity contribution in [2.45, 2.75) is 75.5 Å². The fourth-order valence-electron chi connectivity index (χ4n) is 6.21. The lowest BCUT2D eigenvalue weighted by Gasteiger charge is -2.32. The number of fused-ring (bicyclic) bond motifs is 2. The predicted octanol–water partition coefficient (Wildman–Crippen LogP) is 5.54. The molecule has 0 radical (unpaired) electrons. The molecule has 7 heteroatoms. The van der Waals surface area contributed by atoms with E-state index in [1.54, 1.807) is 19.1 Å². The zero-order valence-corrected chi connectivity index (χ0v) is 24.0. The van der Waals surface area contributed by atoms with Crippen molar-refractivity contribution in [1.82, 2.24) is 0 Å². The van der Waals surface area contributed by atoms with Crippen LogP contribution in [0.5, 0.6) is 5.75 Å². The number of rotatable bonds is 6. The van der Waals surface area contributed by atoms with Crippen LogP contribution < -0.4 is 9.04 Å². The highest BCUT2D eigenvalue weighted by atomic mass is 32.2. The predicted molar refractivity (Wildman–Crippen MR) is 152 cm³/mol. The highest BCUT2D eigenvalue weighted by Crippen LogP contribution is 2.46. The van der Waals surface area contributed by atoms with Crippen LogP contribution in [0.3, 0.4) is 0 Å². The van der Waals surface area contributed by atoms with Crippen LogP contribution in [0.15, 0.2) is 65.6 Å². The maximum atomic E-state index is 14.1. The number of aryl methyl sites for hydroxylation is 1. The molecule has 1 saturated carbocycles. The number of carboxylic acid groups (broad SMARTS) is 1. The van der Waals surface area contributed by atoms with E-state index in [1.165, 1.54) is 18.1 Å². The second-order valence-electron chi connectivity index (χ2n) is 12.1. The summed E-state index contributed by atoms with van der Waals surface area (Å²) in [5.74, 6) is -0.703. The molecule has 1 heterocycles. The summed E-state index contributed by atoms with van der Waals surface area (Å²) in [5.41, 5.74) is 6.07. The second kappa shape index (κ2) is 10.1. The molecule has 1 spiro atoms. The average Bonchev–Trinajstić information content (AvgIpc) is 3.21. The minimum Gasteiger partial charge on any atom is -0.482 e. The summed E-state index contributed by atoms with van der Waals surface area (Å²) in [6.45, 7) is 8.42. The van der Waals surface area contributed by atoms with Gasteiger partial charge in [-0.2, -0.15) is 12.7 Å². The van der Waals surface area contributed by atoms with Gasteiger partial charge in [0, 0.05) is 11.6 Å². The third-order valence-electron chi connectivity index (χ3n) is 8.42. The first-order chi connectivity index (χ1) is 18.4. The zero-order valence-electron chi connectivity index (χ0n) is 23.2. The first kappa shape index (κ1) is 27.4. The molecule has 2 N–H and O–H groups in total. The van der Waals surface area contributed by atoms with Crippen LogP contribution in [-0.4, -0.2) is 32.6 Å². The molecule has 1 unspecified atom stereocenters. The summed E-state index contributed by atoms with van der Waals surface area (Å²) in [6, 6.07) is 19.7. The van der Waals surface area contributed by atoms with Crippen LogP contribution in [-0.2, 0) is 25.6 Å². The van der Waals surface area contributed by atoms with Gasteiger partial charge in [-0.1, -0.05) is 64.3 Å².